The van der Waals surface area contributed by atoms with E-state index >= 15 is 0 Å². The predicted octanol–water partition coefficient (Wildman–Crippen LogP) is 3.07. The molecule has 9 nitrogen and oxygen atoms in total. The van der Waals surface area contributed by atoms with Crippen LogP contribution in [0, 0.1) is 5.82 Å². The van der Waals surface area contributed by atoms with Gasteiger partial charge >= 0.3 is 6.03 Å². The maximum Gasteiger partial charge on any atom is 0.333 e. The lowest BCUT2D eigenvalue weighted by molar-refractivity contribution is 0.0815. The lowest BCUT2D eigenvalue weighted by Gasteiger charge is -2.20. The van der Waals surface area contributed by atoms with Crippen LogP contribution in [0.15, 0.2) is 29.4 Å². The van der Waals surface area contributed by atoms with Gasteiger partial charge in [-0.25, -0.2) is 32.3 Å². The van der Waals surface area contributed by atoms with Gasteiger partial charge in [0.05, 0.1) is 12.4 Å². The van der Waals surface area contributed by atoms with Gasteiger partial charge in [-0.15, -0.1) is 0 Å². The average molecular weight is 452 g/mol. The van der Waals surface area contributed by atoms with E-state index in [4.69, 9.17) is 0 Å². The molecule has 0 bridgehead atoms. The van der Waals surface area contributed by atoms with Crippen LogP contribution in [0.3, 0.4) is 0 Å². The number of urea groups is 1. The molecule has 31 heavy (non-hydrogen) atoms. The van der Waals surface area contributed by atoms with E-state index < -0.39 is 27.8 Å². The van der Waals surface area contributed by atoms with Gasteiger partial charge in [-0.2, -0.15) is 0 Å². The molecule has 2 rings (SSSR count). The summed E-state index contributed by atoms with van der Waals surface area (Å²) in [7, 11) is -1.29. The Hall–Kier alpha value is -3.08. The Labute approximate surface area is 181 Å². The number of hydrogen-bond acceptors (Lipinski definition) is 6. The van der Waals surface area contributed by atoms with Gasteiger partial charge in [0.2, 0.25) is 5.82 Å². The lowest BCUT2D eigenvalue weighted by atomic mass is 9.92. The molecule has 3 amide bonds. The van der Waals surface area contributed by atoms with Gasteiger partial charge in [0.1, 0.15) is 10.7 Å². The molecule has 0 spiro atoms. The molecule has 0 saturated carbocycles. The summed E-state index contributed by atoms with van der Waals surface area (Å²) >= 11 is 0. The van der Waals surface area contributed by atoms with Crippen LogP contribution in [0.5, 0.6) is 0 Å². The molecule has 0 radical (unpaired) electrons. The van der Waals surface area contributed by atoms with Gasteiger partial charge in [-0.05, 0) is 35.1 Å². The number of hydrogen-bond donors (Lipinski definition) is 2. The number of rotatable bonds is 6. The molecule has 0 aliphatic rings. The molecule has 2 aromatic rings. The molecule has 0 fully saturated rings. The zero-order valence-corrected chi connectivity index (χ0v) is 19.0. The third-order valence-electron chi connectivity index (χ3n) is 4.41. The van der Waals surface area contributed by atoms with Gasteiger partial charge in [0.15, 0.2) is 0 Å². The Morgan fingerprint density at radius 2 is 1.48 bits per heavy atom. The molecule has 11 heteroatoms. The molecular formula is C20H26FN5O4S. The Morgan fingerprint density at radius 3 is 1.90 bits per heavy atom. The second-order valence-corrected chi connectivity index (χ2v) is 9.45. The number of benzene rings is 1. The van der Waals surface area contributed by atoms with Crippen molar-refractivity contribution in [3.05, 3.63) is 47.3 Å². The Morgan fingerprint density at radius 1 is 1.00 bits per heavy atom. The number of halogens is 1. The number of sulfonamides is 1. The Balaban J connectivity index is 2.29. The summed E-state index contributed by atoms with van der Waals surface area (Å²) in [5, 5.41) is 2.54. The quantitative estimate of drug-likeness (QED) is 0.696. The van der Waals surface area contributed by atoms with Gasteiger partial charge in [0, 0.05) is 19.8 Å². The summed E-state index contributed by atoms with van der Waals surface area (Å²) in [4.78, 5) is 32.7. The van der Waals surface area contributed by atoms with Crippen molar-refractivity contribution >= 4 is 27.6 Å². The van der Waals surface area contributed by atoms with Crippen LogP contribution in [0.1, 0.15) is 61.3 Å². The van der Waals surface area contributed by atoms with Gasteiger partial charge in [-0.1, -0.05) is 27.7 Å². The first-order chi connectivity index (χ1) is 14.3. The van der Waals surface area contributed by atoms with Crippen LogP contribution in [-0.2, 0) is 10.0 Å². The highest BCUT2D eigenvalue weighted by Gasteiger charge is 2.23. The van der Waals surface area contributed by atoms with E-state index in [0.29, 0.717) is 16.8 Å². The summed E-state index contributed by atoms with van der Waals surface area (Å²) < 4.78 is 41.0. The number of aromatic nitrogens is 2. The first-order valence-electron chi connectivity index (χ1n) is 9.54. The van der Waals surface area contributed by atoms with Crippen molar-refractivity contribution < 1.29 is 22.4 Å². The molecule has 0 saturated heterocycles. The van der Waals surface area contributed by atoms with E-state index in [9.17, 15) is 22.4 Å². The van der Waals surface area contributed by atoms with E-state index in [1.807, 2.05) is 32.4 Å². The first kappa shape index (κ1) is 24.2. The van der Waals surface area contributed by atoms with E-state index in [2.05, 4.69) is 15.3 Å². The predicted molar refractivity (Wildman–Crippen MR) is 114 cm³/mol. The minimum Gasteiger partial charge on any atom is -0.342 e. The number of nitrogens with zero attached hydrogens (tertiary/aromatic N) is 3. The molecule has 2 N–H and O–H groups in total. The normalized spacial score (nSPS) is 11.5. The highest BCUT2D eigenvalue weighted by Crippen LogP contribution is 2.33. The fourth-order valence-electron chi connectivity index (χ4n) is 2.79. The van der Waals surface area contributed by atoms with Crippen LogP contribution in [-0.4, -0.2) is 49.3 Å². The minimum absolute atomic E-state index is 0.115. The van der Waals surface area contributed by atoms with Crippen LogP contribution < -0.4 is 10.0 Å². The van der Waals surface area contributed by atoms with Crippen molar-refractivity contribution in [2.75, 3.05) is 19.4 Å². The topological polar surface area (TPSA) is 121 Å². The van der Waals surface area contributed by atoms with Gasteiger partial charge < -0.3 is 10.2 Å². The molecule has 1 aromatic heterocycles. The smallest absolute Gasteiger partial charge is 0.333 e. The molecule has 1 heterocycles. The number of amides is 3. The van der Waals surface area contributed by atoms with E-state index in [1.54, 1.807) is 0 Å². The highest BCUT2D eigenvalue weighted by molar-refractivity contribution is 7.90. The molecular weight excluding hydrogens is 425 g/mol. The standard InChI is InChI=1S/C20H26FN5O4S/c1-11(2)15-7-13(21)8-16(12(3)4)17(15)24-20(28)25-31(29,30)14-9-22-18(23-10-14)19(27)26(5)6/h7-12H,1-6H3,(H2,24,25,28). The largest absolute Gasteiger partial charge is 0.342 e. The summed E-state index contributed by atoms with van der Waals surface area (Å²) in [5.74, 6) is -1.34. The fourth-order valence-corrected chi connectivity index (χ4v) is 3.59. The Kier molecular flexibility index (Phi) is 7.32. The monoisotopic (exact) mass is 451 g/mol. The second kappa shape index (κ2) is 9.38. The maximum atomic E-state index is 14.0. The molecule has 0 unspecified atom stereocenters. The molecule has 0 aliphatic heterocycles. The van der Waals surface area contributed by atoms with E-state index in [0.717, 1.165) is 12.4 Å². The molecule has 0 atom stereocenters. The van der Waals surface area contributed by atoms with E-state index in [-0.39, 0.29) is 22.6 Å². The van der Waals surface area contributed by atoms with Crippen molar-refractivity contribution in [1.29, 1.82) is 0 Å². The fraction of sp³-hybridized carbons (Fsp3) is 0.400. The van der Waals surface area contributed by atoms with Crippen LogP contribution in [0.2, 0.25) is 0 Å². The van der Waals surface area contributed by atoms with Crippen molar-refractivity contribution in [3.63, 3.8) is 0 Å². The molecule has 0 aliphatic carbocycles. The molecule has 168 valence electrons. The van der Waals surface area contributed by atoms with Crippen molar-refractivity contribution in [2.24, 2.45) is 0 Å². The van der Waals surface area contributed by atoms with Crippen LogP contribution in [0.4, 0.5) is 14.9 Å². The molecule has 1 aromatic carbocycles. The first-order valence-corrected chi connectivity index (χ1v) is 11.0. The number of carbonyl (C=O) groups is 2. The zero-order chi connectivity index (χ0) is 23.5. The van der Waals surface area contributed by atoms with Crippen LogP contribution in [0.25, 0.3) is 0 Å². The minimum atomic E-state index is -4.30. The summed E-state index contributed by atoms with van der Waals surface area (Å²) in [5.41, 5.74) is 1.46. The van der Waals surface area contributed by atoms with Crippen molar-refractivity contribution in [3.8, 4) is 0 Å². The summed E-state index contributed by atoms with van der Waals surface area (Å²) in [6.07, 6.45) is 1.88. The van der Waals surface area contributed by atoms with Gasteiger partial charge in [0.25, 0.3) is 15.9 Å². The number of carbonyl (C=O) groups excluding carboxylic acids is 2. The third-order valence-corrected chi connectivity index (χ3v) is 5.70. The van der Waals surface area contributed by atoms with Crippen molar-refractivity contribution in [1.82, 2.24) is 19.6 Å². The number of nitrogens with one attached hydrogen (secondary N) is 2. The zero-order valence-electron chi connectivity index (χ0n) is 18.2. The Bertz CT molecular complexity index is 1050. The second-order valence-electron chi connectivity index (χ2n) is 7.77. The SMILES string of the molecule is CC(C)c1cc(F)cc(C(C)C)c1NC(=O)NS(=O)(=O)c1cnc(C(=O)N(C)C)nc1. The van der Waals surface area contributed by atoms with Crippen LogP contribution >= 0.6 is 0 Å². The van der Waals surface area contributed by atoms with Crippen molar-refractivity contribution in [2.45, 2.75) is 44.4 Å². The van der Waals surface area contributed by atoms with E-state index in [1.165, 1.54) is 31.1 Å². The highest BCUT2D eigenvalue weighted by atomic mass is 32.2. The summed E-state index contributed by atoms with van der Waals surface area (Å²) in [6, 6.07) is 1.62. The third kappa shape index (κ3) is 5.75. The van der Waals surface area contributed by atoms with Gasteiger partial charge in [-0.3, -0.25) is 4.79 Å². The summed E-state index contributed by atoms with van der Waals surface area (Å²) in [6.45, 7) is 7.36. The average Bonchev–Trinajstić information content (AvgIpc) is 2.67. The lowest BCUT2D eigenvalue weighted by Crippen LogP contribution is -2.35. The maximum absolute atomic E-state index is 14.0. The number of anilines is 1.